The molecule has 7 rings (SSSR count). The summed E-state index contributed by atoms with van der Waals surface area (Å²) in [5, 5.41) is 5.80. The van der Waals surface area contributed by atoms with Gasteiger partial charge in [0.2, 0.25) is 11.8 Å². The van der Waals surface area contributed by atoms with Crippen molar-refractivity contribution >= 4 is 45.4 Å². The molecule has 0 fully saturated rings. The number of para-hydroxylation sites is 4. The number of carbonyl (C=O) groups is 2. The monoisotopic (exact) mass is 550 g/mol. The fraction of sp³-hybridized carbons (Fsp3) is 0. The van der Waals surface area contributed by atoms with E-state index in [0.29, 0.717) is 45.4 Å². The molecular formula is C34H22N4O4. The number of aromatic nitrogens is 2. The van der Waals surface area contributed by atoms with Gasteiger partial charge < -0.3 is 19.5 Å². The van der Waals surface area contributed by atoms with Crippen LogP contribution in [0.2, 0.25) is 0 Å². The Hall–Kier alpha value is -6.02. The molecule has 2 aromatic heterocycles. The predicted octanol–water partition coefficient (Wildman–Crippen LogP) is 7.81. The van der Waals surface area contributed by atoms with Crippen LogP contribution in [-0.4, -0.2) is 21.8 Å². The van der Waals surface area contributed by atoms with Crippen molar-refractivity contribution in [1.29, 1.82) is 0 Å². The van der Waals surface area contributed by atoms with Crippen molar-refractivity contribution in [2.75, 3.05) is 10.6 Å². The molecule has 0 bridgehead atoms. The Morgan fingerprint density at radius 2 is 0.929 bits per heavy atom. The van der Waals surface area contributed by atoms with Crippen LogP contribution >= 0.6 is 0 Å². The molecule has 2 N–H and O–H groups in total. The molecule has 0 saturated heterocycles. The summed E-state index contributed by atoms with van der Waals surface area (Å²) in [6, 6.07) is 36.1. The first-order chi connectivity index (χ1) is 20.6. The van der Waals surface area contributed by atoms with Gasteiger partial charge in [-0.15, -0.1) is 0 Å². The largest absolute Gasteiger partial charge is 0.436 e. The van der Waals surface area contributed by atoms with Gasteiger partial charge in [0, 0.05) is 33.6 Å². The van der Waals surface area contributed by atoms with Crippen molar-refractivity contribution in [1.82, 2.24) is 9.97 Å². The van der Waals surface area contributed by atoms with Crippen LogP contribution in [0.5, 0.6) is 0 Å². The maximum atomic E-state index is 12.9. The first-order valence-corrected chi connectivity index (χ1v) is 13.2. The number of fused-ring (bicyclic) bond motifs is 2. The summed E-state index contributed by atoms with van der Waals surface area (Å²) in [6.07, 6.45) is 0. The lowest BCUT2D eigenvalue weighted by Crippen LogP contribution is -2.14. The van der Waals surface area contributed by atoms with E-state index in [9.17, 15) is 9.59 Å². The van der Waals surface area contributed by atoms with Crippen molar-refractivity contribution in [2.24, 2.45) is 0 Å². The quantitative estimate of drug-likeness (QED) is 0.219. The van der Waals surface area contributed by atoms with Gasteiger partial charge in [-0.25, -0.2) is 9.97 Å². The van der Waals surface area contributed by atoms with E-state index in [0.717, 1.165) is 22.2 Å². The molecule has 42 heavy (non-hydrogen) atoms. The molecular weight excluding hydrogens is 528 g/mol. The maximum Gasteiger partial charge on any atom is 0.255 e. The number of oxazole rings is 2. The zero-order chi connectivity index (χ0) is 28.5. The Morgan fingerprint density at radius 1 is 0.500 bits per heavy atom. The molecule has 0 spiro atoms. The minimum atomic E-state index is -0.303. The molecule has 0 unspecified atom stereocenters. The molecule has 5 aromatic carbocycles. The number of hydrogen-bond acceptors (Lipinski definition) is 6. The van der Waals surface area contributed by atoms with E-state index in [-0.39, 0.29) is 11.8 Å². The Kier molecular flexibility index (Phi) is 6.25. The normalized spacial score (nSPS) is 11.0. The number of hydrogen-bond donors (Lipinski definition) is 2. The number of nitrogens with zero attached hydrogens (tertiary/aromatic N) is 2. The summed E-state index contributed by atoms with van der Waals surface area (Å²) in [7, 11) is 0. The Bertz CT molecular complexity index is 1880. The highest BCUT2D eigenvalue weighted by Gasteiger charge is 2.13. The van der Waals surface area contributed by atoms with Crippen LogP contribution in [0.1, 0.15) is 20.7 Å². The predicted molar refractivity (Wildman–Crippen MR) is 161 cm³/mol. The summed E-state index contributed by atoms with van der Waals surface area (Å²) in [5.74, 6) is 0.342. The van der Waals surface area contributed by atoms with Gasteiger partial charge in [-0.1, -0.05) is 36.4 Å². The van der Waals surface area contributed by atoms with E-state index in [2.05, 4.69) is 20.6 Å². The van der Waals surface area contributed by atoms with Gasteiger partial charge in [0.1, 0.15) is 11.0 Å². The number of rotatable bonds is 6. The zero-order valence-corrected chi connectivity index (χ0v) is 22.1. The van der Waals surface area contributed by atoms with E-state index in [4.69, 9.17) is 8.83 Å². The van der Waals surface area contributed by atoms with Crippen LogP contribution in [0, 0.1) is 0 Å². The Labute approximate surface area is 239 Å². The SMILES string of the molecule is O=C(Nc1cccc(-c2nc3ccccc3o2)c1)c1ccc(C(=O)Nc2cccc(-c3nc4ccccc4o3)c2)cc1. The first-order valence-electron chi connectivity index (χ1n) is 13.2. The van der Waals surface area contributed by atoms with Crippen LogP contribution in [0.15, 0.2) is 130 Å². The number of amides is 2. The van der Waals surface area contributed by atoms with Crippen molar-refractivity contribution in [3.05, 3.63) is 132 Å². The van der Waals surface area contributed by atoms with Crippen molar-refractivity contribution in [3.63, 3.8) is 0 Å². The lowest BCUT2D eigenvalue weighted by Gasteiger charge is -2.08. The molecule has 0 aliphatic rings. The minimum absolute atomic E-state index is 0.303. The van der Waals surface area contributed by atoms with E-state index >= 15 is 0 Å². The smallest absolute Gasteiger partial charge is 0.255 e. The average Bonchev–Trinajstić information content (AvgIpc) is 3.66. The highest BCUT2D eigenvalue weighted by molar-refractivity contribution is 6.07. The first kappa shape index (κ1) is 25.0. The summed E-state index contributed by atoms with van der Waals surface area (Å²) in [6.45, 7) is 0. The molecule has 8 nitrogen and oxygen atoms in total. The number of carbonyl (C=O) groups excluding carboxylic acids is 2. The topological polar surface area (TPSA) is 110 Å². The van der Waals surface area contributed by atoms with Crippen LogP contribution in [0.3, 0.4) is 0 Å². The highest BCUT2D eigenvalue weighted by Crippen LogP contribution is 2.28. The number of nitrogens with one attached hydrogen (secondary N) is 2. The van der Waals surface area contributed by atoms with Gasteiger partial charge in [0.15, 0.2) is 11.2 Å². The molecule has 8 heteroatoms. The van der Waals surface area contributed by atoms with Crippen LogP contribution in [-0.2, 0) is 0 Å². The second kappa shape index (κ2) is 10.5. The Balaban J connectivity index is 1.02. The van der Waals surface area contributed by atoms with Crippen molar-refractivity contribution in [2.45, 2.75) is 0 Å². The van der Waals surface area contributed by atoms with Gasteiger partial charge >= 0.3 is 0 Å². The summed E-state index contributed by atoms with van der Waals surface area (Å²) in [4.78, 5) is 34.9. The van der Waals surface area contributed by atoms with Gasteiger partial charge in [-0.05, 0) is 84.9 Å². The second-order valence-corrected chi connectivity index (χ2v) is 9.62. The molecule has 0 aliphatic heterocycles. The van der Waals surface area contributed by atoms with E-state index in [1.807, 2.05) is 72.8 Å². The summed E-state index contributed by atoms with van der Waals surface area (Å²) in [5.41, 5.74) is 6.44. The second-order valence-electron chi connectivity index (χ2n) is 9.62. The molecule has 0 saturated carbocycles. The third-order valence-corrected chi connectivity index (χ3v) is 6.73. The Morgan fingerprint density at radius 3 is 1.36 bits per heavy atom. The van der Waals surface area contributed by atoms with Crippen LogP contribution < -0.4 is 10.6 Å². The lowest BCUT2D eigenvalue weighted by molar-refractivity contribution is 0.101. The molecule has 0 radical (unpaired) electrons. The van der Waals surface area contributed by atoms with Gasteiger partial charge in [-0.3, -0.25) is 9.59 Å². The number of benzene rings is 5. The maximum absolute atomic E-state index is 12.9. The lowest BCUT2D eigenvalue weighted by atomic mass is 10.1. The molecule has 202 valence electrons. The summed E-state index contributed by atoms with van der Waals surface area (Å²) >= 11 is 0. The molecule has 0 aliphatic carbocycles. The standard InChI is InChI=1S/C34H22N4O4/c39-31(35-25-9-5-7-23(19-25)33-37-27-11-1-3-13-29(27)41-33)21-15-17-22(18-16-21)32(40)36-26-10-6-8-24(20-26)34-38-28-12-2-4-14-30(28)42-34/h1-20H,(H,35,39)(H,36,40). The van der Waals surface area contributed by atoms with Gasteiger partial charge in [0.25, 0.3) is 11.8 Å². The molecule has 7 aromatic rings. The third kappa shape index (κ3) is 5.00. The van der Waals surface area contributed by atoms with Crippen molar-refractivity contribution < 1.29 is 18.4 Å². The number of anilines is 2. The van der Waals surface area contributed by atoms with E-state index in [1.165, 1.54) is 0 Å². The van der Waals surface area contributed by atoms with Gasteiger partial charge in [0.05, 0.1) is 0 Å². The minimum Gasteiger partial charge on any atom is -0.436 e. The molecule has 2 heterocycles. The zero-order valence-electron chi connectivity index (χ0n) is 22.1. The van der Waals surface area contributed by atoms with Crippen LogP contribution in [0.25, 0.3) is 45.1 Å². The summed E-state index contributed by atoms with van der Waals surface area (Å²) < 4.78 is 11.7. The van der Waals surface area contributed by atoms with Crippen LogP contribution in [0.4, 0.5) is 11.4 Å². The van der Waals surface area contributed by atoms with E-state index in [1.54, 1.807) is 48.5 Å². The van der Waals surface area contributed by atoms with Gasteiger partial charge in [-0.2, -0.15) is 0 Å². The highest BCUT2D eigenvalue weighted by atomic mass is 16.4. The fourth-order valence-corrected chi connectivity index (χ4v) is 4.63. The molecule has 0 atom stereocenters. The van der Waals surface area contributed by atoms with E-state index < -0.39 is 0 Å². The average molecular weight is 551 g/mol. The van der Waals surface area contributed by atoms with Crippen molar-refractivity contribution in [3.8, 4) is 22.9 Å². The molecule has 2 amide bonds. The third-order valence-electron chi connectivity index (χ3n) is 6.73. The fourth-order valence-electron chi connectivity index (χ4n) is 4.63.